The minimum atomic E-state index is -1.00. The second-order valence-electron chi connectivity index (χ2n) is 19.6. The van der Waals surface area contributed by atoms with E-state index in [2.05, 4.69) is 87.9 Å². The predicted octanol–water partition coefficient (Wildman–Crippen LogP) is 3.47. The number of carbonyl (C=O) groups excluding carboxylic acids is 3. The Morgan fingerprint density at radius 3 is 2.41 bits per heavy atom. The Balaban J connectivity index is 0.624. The minimum absolute atomic E-state index is 0.223. The molecule has 358 valence electrons. The fourth-order valence-corrected chi connectivity index (χ4v) is 11.4. The Labute approximate surface area is 398 Å². The summed E-state index contributed by atoms with van der Waals surface area (Å²) in [4.78, 5) is 72.6. The van der Waals surface area contributed by atoms with Gasteiger partial charge in [0.1, 0.15) is 12.2 Å². The summed E-state index contributed by atoms with van der Waals surface area (Å²) in [6.07, 6.45) is 6.56. The third-order valence-electron chi connectivity index (χ3n) is 15.6. The Bertz CT molecular complexity index is 3050. The lowest BCUT2D eigenvalue weighted by atomic mass is 9.96. The number of carbonyl (C=O) groups is 3. The molecule has 5 fully saturated rings. The molecule has 18 nitrogen and oxygen atoms in total. The average Bonchev–Trinajstić information content (AvgIpc) is 3.62. The van der Waals surface area contributed by atoms with Crippen LogP contribution >= 0.6 is 0 Å². The van der Waals surface area contributed by atoms with Crippen LogP contribution in [0.5, 0.6) is 0 Å². The molecule has 69 heavy (non-hydrogen) atoms. The highest BCUT2D eigenvalue weighted by atomic mass is 19.1. The average molecular weight is 937 g/mol. The lowest BCUT2D eigenvalue weighted by Gasteiger charge is -2.52. The number of piperazine rings is 1. The van der Waals surface area contributed by atoms with Crippen molar-refractivity contribution < 1.29 is 18.8 Å². The van der Waals surface area contributed by atoms with Crippen LogP contribution in [0, 0.1) is 0 Å². The first-order valence-electron chi connectivity index (χ1n) is 24.4. The second kappa shape index (κ2) is 17.4. The minimum Gasteiger partial charge on any atom is -0.385 e. The number of halogens is 1. The van der Waals surface area contributed by atoms with Gasteiger partial charge in [-0.1, -0.05) is 18.2 Å². The zero-order valence-electron chi connectivity index (χ0n) is 39.0. The van der Waals surface area contributed by atoms with Crippen molar-refractivity contribution in [3.63, 3.8) is 0 Å². The van der Waals surface area contributed by atoms with E-state index >= 15 is 0 Å². The van der Waals surface area contributed by atoms with Gasteiger partial charge >= 0.3 is 5.69 Å². The van der Waals surface area contributed by atoms with E-state index in [1.165, 1.54) is 30.2 Å². The number of fused-ring (bicyclic) bond motifs is 3. The van der Waals surface area contributed by atoms with Crippen LogP contribution in [0.2, 0.25) is 0 Å². The number of hydrogen-bond donors (Lipinski definition) is 3. The predicted molar refractivity (Wildman–Crippen MR) is 260 cm³/mol. The zero-order valence-corrected chi connectivity index (χ0v) is 39.0. The summed E-state index contributed by atoms with van der Waals surface area (Å²) in [6, 6.07) is 18.7. The summed E-state index contributed by atoms with van der Waals surface area (Å²) in [5.41, 5.74) is 9.40. The quantitative estimate of drug-likeness (QED) is 0.162. The molecule has 1 unspecified atom stereocenters. The molecule has 4 saturated heterocycles. The molecule has 3 amide bonds. The monoisotopic (exact) mass is 936 g/mol. The van der Waals surface area contributed by atoms with Gasteiger partial charge in [0, 0.05) is 121 Å². The van der Waals surface area contributed by atoms with E-state index in [-0.39, 0.29) is 29.6 Å². The van der Waals surface area contributed by atoms with Gasteiger partial charge in [-0.15, -0.1) is 5.10 Å². The normalized spacial score (nSPS) is 22.9. The number of imide groups is 1. The molecule has 4 aromatic heterocycles. The standard InChI is InChI=1S/C50H57FN14O4/c1-52-39-24-45(57-65-44(26-54-47(39)65)49(68)55-38-23-36(38)51)63-17-14-35-34(4-3-5-40(35)63)37-8-6-30(25-53-37)27-59-15-12-31(13-16-59)62-28-33(29-62)61-20-18-60(19-21-61)32-7-9-41-43(22-32)58(2)50(69)64(41)42-10-11-46(66)56-48(42)67/h3-9,22,24-26,31,33,36,38,42,52H,10-21,23,27-29H2,1-2H3,(H,55,68)(H,56,66,67)/t36-,38+,42?/m0/s1. The van der Waals surface area contributed by atoms with Crippen LogP contribution in [0.1, 0.15) is 59.8 Å². The van der Waals surface area contributed by atoms with E-state index in [0.29, 0.717) is 41.9 Å². The second-order valence-corrected chi connectivity index (χ2v) is 19.6. The smallest absolute Gasteiger partial charge is 0.329 e. The fraction of sp³-hybridized carbons (Fsp3) is 0.460. The molecule has 1 aliphatic carbocycles. The molecule has 2 aromatic carbocycles. The highest BCUT2D eigenvalue weighted by molar-refractivity contribution is 6.00. The lowest BCUT2D eigenvalue weighted by Crippen LogP contribution is -2.65. The number of aromatic nitrogens is 6. The van der Waals surface area contributed by atoms with E-state index in [9.17, 15) is 23.6 Å². The number of aryl methyl sites for hydroxylation is 1. The molecular weight excluding hydrogens is 880 g/mol. The third-order valence-corrected chi connectivity index (χ3v) is 15.6. The Morgan fingerprint density at radius 2 is 1.67 bits per heavy atom. The third kappa shape index (κ3) is 7.89. The molecule has 19 heteroatoms. The van der Waals surface area contributed by atoms with Gasteiger partial charge in [0.2, 0.25) is 11.8 Å². The molecule has 0 spiro atoms. The van der Waals surface area contributed by atoms with Crippen molar-refractivity contribution in [1.82, 2.24) is 54.0 Å². The summed E-state index contributed by atoms with van der Waals surface area (Å²) in [5, 5.41) is 13.2. The summed E-state index contributed by atoms with van der Waals surface area (Å²) in [5.74, 6) is -0.411. The summed E-state index contributed by atoms with van der Waals surface area (Å²) < 4.78 is 18.3. The molecule has 3 atom stereocenters. The largest absolute Gasteiger partial charge is 0.385 e. The lowest BCUT2D eigenvalue weighted by molar-refractivity contribution is -0.135. The number of alkyl halides is 1. The number of pyridine rings is 1. The molecule has 0 radical (unpaired) electrons. The van der Waals surface area contributed by atoms with Gasteiger partial charge in [0.15, 0.2) is 17.2 Å². The van der Waals surface area contributed by atoms with E-state index < -0.39 is 24.2 Å². The zero-order chi connectivity index (χ0) is 47.1. The highest BCUT2D eigenvalue weighted by Gasteiger charge is 2.40. The van der Waals surface area contributed by atoms with Crippen LogP contribution < -0.4 is 31.4 Å². The summed E-state index contributed by atoms with van der Waals surface area (Å²) >= 11 is 0. The van der Waals surface area contributed by atoms with Gasteiger partial charge in [-0.25, -0.2) is 18.7 Å². The van der Waals surface area contributed by atoms with Crippen LogP contribution in [-0.4, -0.2) is 151 Å². The number of anilines is 4. The Hall–Kier alpha value is -6.70. The topological polar surface area (TPSA) is 174 Å². The van der Waals surface area contributed by atoms with Crippen LogP contribution in [0.25, 0.3) is 27.9 Å². The van der Waals surface area contributed by atoms with Crippen LogP contribution in [-0.2, 0) is 29.6 Å². The Morgan fingerprint density at radius 1 is 0.855 bits per heavy atom. The highest BCUT2D eigenvalue weighted by Crippen LogP contribution is 2.40. The summed E-state index contributed by atoms with van der Waals surface area (Å²) in [7, 11) is 3.57. The van der Waals surface area contributed by atoms with Gasteiger partial charge in [-0.2, -0.15) is 0 Å². The van der Waals surface area contributed by atoms with Crippen LogP contribution in [0.15, 0.2) is 71.8 Å². The molecule has 0 bridgehead atoms. The van der Waals surface area contributed by atoms with Crippen LogP contribution in [0.3, 0.4) is 0 Å². The molecule has 6 aliphatic rings. The van der Waals surface area contributed by atoms with Gasteiger partial charge < -0.3 is 20.4 Å². The number of piperidine rings is 2. The maximum Gasteiger partial charge on any atom is 0.329 e. The number of likely N-dealkylation sites (tertiary alicyclic amines) is 2. The maximum absolute atomic E-state index is 13.6. The first kappa shape index (κ1) is 43.6. The first-order chi connectivity index (χ1) is 33.6. The SMILES string of the molecule is CNc1cc(N2CCc3c(-c4ccc(CN5CCC(N6CC(N7CCN(c8ccc9c(c8)n(C)c(=O)n9C8CCC(=O)NC8=O)CC7)C6)CC5)cn4)cccc32)nn2c(C(=O)N[C@@H]3C[C@@H]3F)cnc12. The van der Waals surface area contributed by atoms with Gasteiger partial charge in [0.25, 0.3) is 5.91 Å². The van der Waals surface area contributed by atoms with Gasteiger partial charge in [-0.3, -0.25) is 48.5 Å². The molecule has 9 heterocycles. The molecule has 6 aromatic rings. The molecule has 12 rings (SSSR count). The van der Waals surface area contributed by atoms with E-state index in [1.807, 2.05) is 25.4 Å². The van der Waals surface area contributed by atoms with Crippen molar-refractivity contribution in [3.8, 4) is 11.3 Å². The van der Waals surface area contributed by atoms with Crippen molar-refractivity contribution in [2.45, 2.75) is 75.4 Å². The van der Waals surface area contributed by atoms with E-state index in [4.69, 9.17) is 10.1 Å². The number of benzene rings is 2. The Kier molecular flexibility index (Phi) is 11.0. The molecule has 3 N–H and O–H groups in total. The molecule has 5 aliphatic heterocycles. The number of rotatable bonds is 11. The summed E-state index contributed by atoms with van der Waals surface area (Å²) in [6.45, 7) is 9.81. The fourth-order valence-electron chi connectivity index (χ4n) is 11.4. The van der Waals surface area contributed by atoms with Crippen LogP contribution in [0.4, 0.5) is 27.3 Å². The van der Waals surface area contributed by atoms with Gasteiger partial charge in [-0.05, 0) is 80.2 Å². The number of imidazole rings is 2. The molecule has 1 saturated carbocycles. The number of nitrogens with zero attached hydrogens (tertiary/aromatic N) is 11. The molecular formula is C50H57FN14O4. The van der Waals surface area contributed by atoms with E-state index in [0.717, 1.165) is 106 Å². The van der Waals surface area contributed by atoms with Crippen molar-refractivity contribution in [1.29, 1.82) is 0 Å². The number of hydrogen-bond acceptors (Lipinski definition) is 13. The van der Waals surface area contributed by atoms with Gasteiger partial charge in [0.05, 0.1) is 34.7 Å². The van der Waals surface area contributed by atoms with Crippen molar-refractivity contribution in [2.75, 3.05) is 81.1 Å². The van der Waals surface area contributed by atoms with E-state index in [1.54, 1.807) is 20.7 Å². The van der Waals surface area contributed by atoms with Crippen molar-refractivity contribution in [2.24, 2.45) is 7.05 Å². The number of nitrogens with one attached hydrogen (secondary N) is 3. The maximum atomic E-state index is 13.6. The first-order valence-corrected chi connectivity index (χ1v) is 24.4. The van der Waals surface area contributed by atoms with Crippen molar-refractivity contribution in [3.05, 3.63) is 94.3 Å². The number of amides is 3. The van der Waals surface area contributed by atoms with Crippen molar-refractivity contribution >= 4 is 57.3 Å².